The Kier molecular flexibility index (Phi) is 26.2. The number of halogens is 5. The third kappa shape index (κ3) is 15.6. The van der Waals surface area contributed by atoms with Crippen molar-refractivity contribution >= 4 is 160 Å². The van der Waals surface area contributed by atoms with Gasteiger partial charge in [-0.15, -0.1) is 30.6 Å². The van der Waals surface area contributed by atoms with E-state index < -0.39 is 0 Å². The van der Waals surface area contributed by atoms with Gasteiger partial charge in [-0.05, 0) is 202 Å². The van der Waals surface area contributed by atoms with E-state index in [0.717, 1.165) is 130 Å². The molecule has 3 aliphatic carbocycles. The maximum absolute atomic E-state index is 6.72. The van der Waals surface area contributed by atoms with Crippen LogP contribution in [0, 0.1) is 23.4 Å². The van der Waals surface area contributed by atoms with Crippen LogP contribution in [-0.2, 0) is 31.9 Å². The molecule has 502 valence electrons. The van der Waals surface area contributed by atoms with Gasteiger partial charge in [0, 0.05) is 133 Å². The molecule has 6 aliphatic rings. The molecular weight excluding hydrogens is 1580 g/mol. The number of piperidine rings is 3. The van der Waals surface area contributed by atoms with Crippen molar-refractivity contribution in [2.45, 2.75) is 105 Å². The normalized spacial score (nSPS) is 18.5. The van der Waals surface area contributed by atoms with Gasteiger partial charge in [0.05, 0.1) is 22.1 Å². The van der Waals surface area contributed by atoms with E-state index in [9.17, 15) is 0 Å². The van der Waals surface area contributed by atoms with Crippen molar-refractivity contribution in [2.24, 2.45) is 33.4 Å². The number of nitrogens with one attached hydrogen (secondary N) is 1. The molecule has 3 spiro atoms. The summed E-state index contributed by atoms with van der Waals surface area (Å²) in [7, 11) is 8.00. The van der Waals surface area contributed by atoms with Gasteiger partial charge in [-0.2, -0.15) is 4.90 Å². The second-order valence-corrected chi connectivity index (χ2v) is 28.8. The first-order valence-corrected chi connectivity index (χ1v) is 34.8. The number of hydrogen-bond donors (Lipinski definition) is 6. The van der Waals surface area contributed by atoms with Crippen LogP contribution in [0.5, 0.6) is 0 Å². The summed E-state index contributed by atoms with van der Waals surface area (Å²) in [5, 5.41) is 28.9. The minimum absolute atomic E-state index is 0. The molecule has 0 aromatic carbocycles. The smallest absolute Gasteiger partial charge is 0.778 e. The Bertz CT molecular complexity index is 4470. The average molecular weight is 1650 g/mol. The third-order valence-electron chi connectivity index (χ3n) is 18.9. The Labute approximate surface area is 645 Å². The maximum Gasteiger partial charge on any atom is 1.00 e. The SMILES string of the molecule is C.C.Clc1ncc(I)c2nncn12.N[C@@H]1c2ccncc2CC12CCN(c1ncc(I)c3nncn13)CC2.N[C@@H]1c2ccncc2CC12CCNCC2.Nc1nccc(Sc2cnc(N3CCC4(CC3)Cc3cnccc3[C@H]4N)n3cnnc23)c1Cl.Nc1nccc([S-])c1Cl.[B][B].[Na+]. The number of fused-ring (bicyclic) bond motifs is 6. The van der Waals surface area contributed by atoms with Crippen molar-refractivity contribution in [1.29, 1.82) is 0 Å². The van der Waals surface area contributed by atoms with Crippen LogP contribution < -0.4 is 73.3 Å². The van der Waals surface area contributed by atoms with Crippen LogP contribution in [0.4, 0.5) is 23.5 Å². The molecule has 0 saturated carbocycles. The van der Waals surface area contributed by atoms with Gasteiger partial charge in [0.1, 0.15) is 30.6 Å². The summed E-state index contributed by atoms with van der Waals surface area (Å²) in [6.45, 7) is 5.83. The van der Waals surface area contributed by atoms with Crippen molar-refractivity contribution in [2.75, 3.05) is 60.5 Å². The molecule has 35 heteroatoms. The van der Waals surface area contributed by atoms with Gasteiger partial charge >= 0.3 is 29.6 Å². The van der Waals surface area contributed by atoms with Crippen molar-refractivity contribution in [3.63, 3.8) is 0 Å². The van der Waals surface area contributed by atoms with Gasteiger partial charge < -0.3 is 56.4 Å². The summed E-state index contributed by atoms with van der Waals surface area (Å²) in [6.07, 6.45) is 34.7. The Balaban J connectivity index is 0.000000152. The van der Waals surface area contributed by atoms with Gasteiger partial charge in [0.25, 0.3) is 0 Å². The summed E-state index contributed by atoms with van der Waals surface area (Å²) >= 11 is 28.3. The van der Waals surface area contributed by atoms with E-state index in [0.29, 0.717) is 37.3 Å². The quantitative estimate of drug-likeness (QED) is 0.0491. The van der Waals surface area contributed by atoms with Gasteiger partial charge in [0.2, 0.25) is 17.2 Å². The second-order valence-electron chi connectivity index (χ2n) is 23.9. The van der Waals surface area contributed by atoms with E-state index in [1.165, 1.54) is 70.5 Å². The number of nitrogens with zero attached hydrogens (tertiary/aromatic N) is 19. The molecule has 0 bridgehead atoms. The zero-order valence-corrected chi connectivity index (χ0v) is 62.3. The minimum atomic E-state index is 0. The molecule has 4 radical (unpaired) electrons. The van der Waals surface area contributed by atoms with Crippen molar-refractivity contribution in [3.05, 3.63) is 173 Å². The number of rotatable bonds is 4. The Morgan fingerprint density at radius 3 is 1.38 bits per heavy atom. The van der Waals surface area contributed by atoms with Crippen LogP contribution in [0.3, 0.4) is 0 Å². The Hall–Kier alpha value is -5.53. The predicted molar refractivity (Wildman–Crippen MR) is 402 cm³/mol. The molecule has 17 rings (SSSR count). The van der Waals surface area contributed by atoms with Gasteiger partial charge in [-0.1, -0.05) is 55.9 Å². The Morgan fingerprint density at radius 2 is 0.918 bits per heavy atom. The fourth-order valence-corrected chi connectivity index (χ4v) is 16.4. The van der Waals surface area contributed by atoms with E-state index in [1.54, 1.807) is 35.5 Å². The van der Waals surface area contributed by atoms with Crippen LogP contribution in [0.1, 0.15) is 105 Å². The first-order chi connectivity index (χ1) is 46.1. The van der Waals surface area contributed by atoms with E-state index in [4.69, 9.17) is 81.1 Å². The van der Waals surface area contributed by atoms with Crippen LogP contribution in [0.15, 0.2) is 132 Å². The van der Waals surface area contributed by atoms with E-state index in [1.807, 2.05) is 64.4 Å². The first-order valence-electron chi connectivity index (χ1n) is 30.3. The van der Waals surface area contributed by atoms with E-state index >= 15 is 0 Å². The number of aromatic nitrogens is 17. The molecule has 11 aromatic heterocycles. The first kappa shape index (κ1) is 76.6. The molecule has 25 nitrogen and oxygen atoms in total. The number of anilines is 4. The van der Waals surface area contributed by atoms with Crippen LogP contribution in [0.2, 0.25) is 15.3 Å². The molecule has 3 atom stereocenters. The summed E-state index contributed by atoms with van der Waals surface area (Å²) in [5.41, 5.74) is 41.6. The fraction of sp³-hybridized carbons (Fsp3) is 0.365. The van der Waals surface area contributed by atoms with Crippen LogP contribution in [-0.4, -0.2) is 138 Å². The molecule has 98 heavy (non-hydrogen) atoms. The molecule has 3 fully saturated rings. The summed E-state index contributed by atoms with van der Waals surface area (Å²) in [4.78, 5) is 40.7. The zero-order chi connectivity index (χ0) is 66.6. The van der Waals surface area contributed by atoms with E-state index in [-0.39, 0.29) is 73.4 Å². The van der Waals surface area contributed by atoms with Crippen molar-refractivity contribution in [1.82, 2.24) is 89.0 Å². The van der Waals surface area contributed by atoms with Crippen molar-refractivity contribution in [3.8, 4) is 0 Å². The number of nitrogens with two attached hydrogens (primary N) is 5. The number of pyridine rings is 5. The number of nitrogen functional groups attached to an aromatic ring is 2. The van der Waals surface area contributed by atoms with Gasteiger partial charge in [-0.3, -0.25) is 23.8 Å². The average Bonchev–Trinajstić information content (AvgIpc) is 1.67. The van der Waals surface area contributed by atoms with Crippen molar-refractivity contribution < 1.29 is 29.6 Å². The predicted octanol–water partition coefficient (Wildman–Crippen LogP) is 6.24. The summed E-state index contributed by atoms with van der Waals surface area (Å²) in [5.74, 6) is 2.35. The minimum Gasteiger partial charge on any atom is -0.778 e. The standard InChI is InChI=1S/C22H22ClN9S.C17H18IN7.C12H17N3.C5H2ClIN4.C5H5ClN2S.2CH4.B2.Na/c23-17-15(2-6-27-19(17)25)33-16-11-28-21(32-12-29-30-20(16)32)31-7-3-22(4-8-31)9-13-10-26-5-1-14(13)18(22)24;18-13-9-21-16(25-10-22-23-15(13)25)24-5-2-17(3-6-24)7-11-8-20-4-1-12(11)14(17)19;13-11-10-1-4-15-8-9(10)7-12(11)2-5-14-6-3-12;6-5-8-1-3(7)4-10-9-2-11(4)5;6-4-3(9)1-2-8-5(4)7;;;1-2;/h1-2,5-6,10-12,18H,3-4,7-9,24H2,(H2,25,27);1,4,8-10,14H,2-3,5-7,19H2;1,4,8,11,14H,2-3,5-7,13H2;1-2H;1-2H,(H3,7,8,9);2*1H4;;/q;;;;;;;;+1/p-1/t18-;14-;11-;;;;;;/m111....../s1. The molecule has 11 aromatic rings. The molecule has 11 N–H and O–H groups in total. The molecule has 3 saturated heterocycles. The molecule has 0 unspecified atom stereocenters. The van der Waals surface area contributed by atoms with Crippen LogP contribution in [0.25, 0.3) is 16.9 Å². The summed E-state index contributed by atoms with van der Waals surface area (Å²) in [6, 6.07) is 10.1. The monoisotopic (exact) mass is 1650 g/mol. The second kappa shape index (κ2) is 33.5. The van der Waals surface area contributed by atoms with Gasteiger partial charge in [-0.25, -0.2) is 29.3 Å². The summed E-state index contributed by atoms with van der Waals surface area (Å²) < 4.78 is 7.49. The number of hydrogen-bond acceptors (Lipinski definition) is 24. The third-order valence-corrected chi connectivity index (χ3v) is 23.1. The Morgan fingerprint density at radius 1 is 0.510 bits per heavy atom. The molecule has 14 heterocycles. The molecule has 0 amide bonds. The van der Waals surface area contributed by atoms with E-state index in [2.05, 4.69) is 159 Å². The maximum atomic E-state index is 6.72. The largest absolute Gasteiger partial charge is 1.00 e. The van der Waals surface area contributed by atoms with Gasteiger partial charge in [0.15, 0.2) is 16.9 Å². The van der Waals surface area contributed by atoms with Crippen LogP contribution >= 0.6 is 91.7 Å². The fourth-order valence-electron chi connectivity index (χ4n) is 13.8. The molecule has 3 aliphatic heterocycles. The topological polar surface area (TPSA) is 342 Å². The zero-order valence-electron chi connectivity index (χ0n) is 52.1. The molecular formula is C63H71B2Cl3I2N25NaS2.